The molecule has 2 atom stereocenters. The summed E-state index contributed by atoms with van der Waals surface area (Å²) in [6.45, 7) is 6.71. The molecule has 24 heavy (non-hydrogen) atoms. The molecule has 1 fully saturated rings. The second kappa shape index (κ2) is 7.69. The number of ether oxygens (including phenoxy) is 2. The van der Waals surface area contributed by atoms with Gasteiger partial charge in [-0.2, -0.15) is 0 Å². The van der Waals surface area contributed by atoms with Crippen LogP contribution >= 0.6 is 0 Å². The summed E-state index contributed by atoms with van der Waals surface area (Å²) in [6, 6.07) is 7.83. The first kappa shape index (κ1) is 18.3. The van der Waals surface area contributed by atoms with E-state index in [1.54, 1.807) is 12.0 Å². The van der Waals surface area contributed by atoms with Crippen molar-refractivity contribution >= 4 is 12.4 Å². The van der Waals surface area contributed by atoms with Gasteiger partial charge in [-0.25, -0.2) is 4.79 Å². The Morgan fingerprint density at radius 3 is 2.33 bits per heavy atom. The molecule has 1 aliphatic heterocycles. The summed E-state index contributed by atoms with van der Waals surface area (Å²) in [6.07, 6.45) is 2.12. The zero-order valence-electron chi connectivity index (χ0n) is 15.0. The molecule has 1 aliphatic rings. The molecule has 132 valence electrons. The first-order valence-corrected chi connectivity index (χ1v) is 8.41. The maximum Gasteiger partial charge on any atom is 0.410 e. The average Bonchev–Trinajstić information content (AvgIpc) is 2.75. The van der Waals surface area contributed by atoms with Crippen LogP contribution in [0.5, 0.6) is 5.75 Å². The van der Waals surface area contributed by atoms with Crippen LogP contribution in [0.4, 0.5) is 4.79 Å². The Hall–Kier alpha value is -2.04. The van der Waals surface area contributed by atoms with Crippen molar-refractivity contribution in [2.24, 2.45) is 5.92 Å². The average molecular weight is 333 g/mol. The van der Waals surface area contributed by atoms with Gasteiger partial charge < -0.3 is 19.2 Å². The fourth-order valence-electron chi connectivity index (χ4n) is 3.06. The third-order valence-corrected chi connectivity index (χ3v) is 4.33. The standard InChI is InChI=1S/C19H27NO4/c1-19(2,3)24-18(22)20-11-9-15(13-21)17(10-12-20)14-5-7-16(23-4)8-6-14/h5-8,13,15,17H,9-12H2,1-4H3/t15-,17-/m0/s1. The first-order chi connectivity index (χ1) is 11.3. The zero-order valence-corrected chi connectivity index (χ0v) is 15.0. The monoisotopic (exact) mass is 333 g/mol. The van der Waals surface area contributed by atoms with E-state index in [1.807, 2.05) is 45.0 Å². The van der Waals surface area contributed by atoms with Gasteiger partial charge in [0, 0.05) is 19.0 Å². The van der Waals surface area contributed by atoms with Crippen molar-refractivity contribution in [3.05, 3.63) is 29.8 Å². The molecule has 2 rings (SSSR count). The Labute approximate surface area is 143 Å². The van der Waals surface area contributed by atoms with Gasteiger partial charge in [0.05, 0.1) is 7.11 Å². The minimum absolute atomic E-state index is 0.0918. The van der Waals surface area contributed by atoms with Gasteiger partial charge in [0.2, 0.25) is 0 Å². The van der Waals surface area contributed by atoms with Gasteiger partial charge in [0.25, 0.3) is 0 Å². The highest BCUT2D eigenvalue weighted by atomic mass is 16.6. The largest absolute Gasteiger partial charge is 0.497 e. The Kier molecular flexibility index (Phi) is 5.86. The summed E-state index contributed by atoms with van der Waals surface area (Å²) in [7, 11) is 1.63. The second-order valence-electron chi connectivity index (χ2n) is 7.22. The van der Waals surface area contributed by atoms with Crippen molar-refractivity contribution in [2.45, 2.75) is 45.1 Å². The molecule has 0 aliphatic carbocycles. The molecule has 1 amide bonds. The van der Waals surface area contributed by atoms with Gasteiger partial charge in [-0.15, -0.1) is 0 Å². The molecular formula is C19H27NO4. The SMILES string of the molecule is COc1ccc([C@@H]2CCN(C(=O)OC(C)(C)C)CC[C@H]2C=O)cc1. The van der Waals surface area contributed by atoms with Crippen LogP contribution in [-0.2, 0) is 9.53 Å². The molecule has 5 heteroatoms. The van der Waals surface area contributed by atoms with Crippen molar-refractivity contribution in [3.63, 3.8) is 0 Å². The van der Waals surface area contributed by atoms with Crippen LogP contribution in [0.3, 0.4) is 0 Å². The number of aldehydes is 1. The first-order valence-electron chi connectivity index (χ1n) is 8.41. The van der Waals surface area contributed by atoms with Crippen LogP contribution in [0, 0.1) is 5.92 Å². The van der Waals surface area contributed by atoms with Crippen molar-refractivity contribution in [2.75, 3.05) is 20.2 Å². The highest BCUT2D eigenvalue weighted by molar-refractivity contribution is 5.68. The number of methoxy groups -OCH3 is 1. The minimum Gasteiger partial charge on any atom is -0.497 e. The van der Waals surface area contributed by atoms with Gasteiger partial charge in [-0.05, 0) is 57.2 Å². The van der Waals surface area contributed by atoms with E-state index >= 15 is 0 Å². The smallest absolute Gasteiger partial charge is 0.410 e. The second-order valence-corrected chi connectivity index (χ2v) is 7.22. The molecule has 0 unspecified atom stereocenters. The quantitative estimate of drug-likeness (QED) is 0.793. The van der Waals surface area contributed by atoms with E-state index in [0.29, 0.717) is 19.5 Å². The summed E-state index contributed by atoms with van der Waals surface area (Å²) in [4.78, 5) is 25.6. The van der Waals surface area contributed by atoms with E-state index in [2.05, 4.69) is 0 Å². The number of carbonyl (C=O) groups is 2. The summed E-state index contributed by atoms with van der Waals surface area (Å²) in [5.41, 5.74) is 0.599. The molecule has 0 saturated carbocycles. The number of likely N-dealkylation sites (tertiary alicyclic amines) is 1. The molecule has 1 aromatic carbocycles. The normalized spacial score (nSPS) is 21.8. The van der Waals surface area contributed by atoms with Gasteiger partial charge in [0.1, 0.15) is 17.6 Å². The van der Waals surface area contributed by atoms with Crippen LogP contribution in [0.15, 0.2) is 24.3 Å². The molecule has 5 nitrogen and oxygen atoms in total. The molecule has 0 radical (unpaired) electrons. The van der Waals surface area contributed by atoms with E-state index < -0.39 is 5.60 Å². The molecule has 0 bridgehead atoms. The Morgan fingerprint density at radius 1 is 1.17 bits per heavy atom. The summed E-state index contributed by atoms with van der Waals surface area (Å²) >= 11 is 0. The topological polar surface area (TPSA) is 55.8 Å². The van der Waals surface area contributed by atoms with E-state index in [9.17, 15) is 9.59 Å². The van der Waals surface area contributed by atoms with Crippen molar-refractivity contribution < 1.29 is 19.1 Å². The predicted octanol–water partition coefficient (Wildman–Crippen LogP) is 3.62. The number of carbonyl (C=O) groups excluding carboxylic acids is 2. The lowest BCUT2D eigenvalue weighted by molar-refractivity contribution is -0.111. The Morgan fingerprint density at radius 2 is 1.79 bits per heavy atom. The highest BCUT2D eigenvalue weighted by Gasteiger charge is 2.31. The summed E-state index contributed by atoms with van der Waals surface area (Å²) in [5, 5.41) is 0. The minimum atomic E-state index is -0.511. The number of hydrogen-bond acceptors (Lipinski definition) is 4. The van der Waals surface area contributed by atoms with Gasteiger partial charge in [-0.1, -0.05) is 12.1 Å². The zero-order chi connectivity index (χ0) is 17.7. The third-order valence-electron chi connectivity index (χ3n) is 4.33. The predicted molar refractivity (Wildman–Crippen MR) is 92.3 cm³/mol. The van der Waals surface area contributed by atoms with E-state index in [0.717, 1.165) is 24.0 Å². The summed E-state index contributed by atoms with van der Waals surface area (Å²) < 4.78 is 10.6. The fourth-order valence-corrected chi connectivity index (χ4v) is 3.06. The molecule has 0 spiro atoms. The third kappa shape index (κ3) is 4.73. The van der Waals surface area contributed by atoms with Crippen LogP contribution in [0.25, 0.3) is 0 Å². The van der Waals surface area contributed by atoms with E-state index in [4.69, 9.17) is 9.47 Å². The molecular weight excluding hydrogens is 306 g/mol. The van der Waals surface area contributed by atoms with E-state index in [-0.39, 0.29) is 17.9 Å². The van der Waals surface area contributed by atoms with Crippen molar-refractivity contribution in [1.29, 1.82) is 0 Å². The number of hydrogen-bond donors (Lipinski definition) is 0. The maximum absolute atomic E-state index is 12.3. The Balaban J connectivity index is 2.10. The number of rotatable bonds is 3. The molecule has 1 saturated heterocycles. The van der Waals surface area contributed by atoms with Crippen molar-refractivity contribution in [1.82, 2.24) is 4.90 Å². The van der Waals surface area contributed by atoms with Crippen LogP contribution in [-0.4, -0.2) is 43.1 Å². The number of benzene rings is 1. The lowest BCUT2D eigenvalue weighted by atomic mass is 9.83. The Bertz CT molecular complexity index is 562. The maximum atomic E-state index is 12.3. The lowest BCUT2D eigenvalue weighted by Gasteiger charge is -2.26. The van der Waals surface area contributed by atoms with Crippen LogP contribution in [0.1, 0.15) is 45.1 Å². The fraction of sp³-hybridized carbons (Fsp3) is 0.579. The molecule has 0 aromatic heterocycles. The number of amides is 1. The van der Waals surface area contributed by atoms with Gasteiger partial charge in [0.15, 0.2) is 0 Å². The van der Waals surface area contributed by atoms with Gasteiger partial charge in [-0.3, -0.25) is 0 Å². The molecule has 1 heterocycles. The molecule has 0 N–H and O–H groups in total. The lowest BCUT2D eigenvalue weighted by Crippen LogP contribution is -2.37. The van der Waals surface area contributed by atoms with E-state index in [1.165, 1.54) is 0 Å². The highest BCUT2D eigenvalue weighted by Crippen LogP contribution is 2.33. The number of nitrogens with zero attached hydrogens (tertiary/aromatic N) is 1. The summed E-state index contributed by atoms with van der Waals surface area (Å²) in [5.74, 6) is 0.817. The van der Waals surface area contributed by atoms with Crippen molar-refractivity contribution in [3.8, 4) is 5.75 Å². The van der Waals surface area contributed by atoms with Crippen LogP contribution in [0.2, 0.25) is 0 Å². The van der Waals surface area contributed by atoms with Crippen LogP contribution < -0.4 is 4.74 Å². The molecule has 1 aromatic rings. The van der Waals surface area contributed by atoms with Gasteiger partial charge >= 0.3 is 6.09 Å².